The van der Waals surface area contributed by atoms with Gasteiger partial charge in [0.2, 0.25) is 0 Å². The van der Waals surface area contributed by atoms with Crippen molar-refractivity contribution in [3.05, 3.63) is 63.7 Å². The number of aliphatic hydroxyl groups excluding tert-OH is 1. The van der Waals surface area contributed by atoms with Crippen LogP contribution in [0, 0.1) is 32.8 Å². The van der Waals surface area contributed by atoms with Crippen LogP contribution in [0.3, 0.4) is 0 Å². The number of allylic oxidation sites excluding steroid dienone is 2. The number of esters is 1. The van der Waals surface area contributed by atoms with Crippen molar-refractivity contribution in [2.45, 2.75) is 64.4 Å². The molecule has 0 spiro atoms. The minimum absolute atomic E-state index is 0.0180. The molecule has 0 radical (unpaired) electrons. The van der Waals surface area contributed by atoms with Gasteiger partial charge in [0.1, 0.15) is 12.7 Å². The fourth-order valence-electron chi connectivity index (χ4n) is 7.15. The van der Waals surface area contributed by atoms with Crippen LogP contribution in [0.2, 0.25) is 0 Å². The number of hydrogen-bond donors (Lipinski definition) is 1. The second-order valence-corrected chi connectivity index (χ2v) is 11.0. The molecular formula is C27H33NO7. The molecular weight excluding hydrogens is 450 g/mol. The molecule has 1 aromatic carbocycles. The van der Waals surface area contributed by atoms with Gasteiger partial charge in [-0.2, -0.15) is 0 Å². The number of ether oxygens (including phenoxy) is 3. The molecule has 0 bridgehead atoms. The second-order valence-electron chi connectivity index (χ2n) is 11.0. The molecule has 2 aliphatic carbocycles. The van der Waals surface area contributed by atoms with E-state index in [1.807, 2.05) is 12.1 Å². The number of rotatable bonds is 4. The van der Waals surface area contributed by atoms with Crippen molar-refractivity contribution >= 4 is 11.7 Å². The van der Waals surface area contributed by atoms with E-state index in [1.165, 1.54) is 17.7 Å². The number of cyclic esters (lactones) is 1. The first-order chi connectivity index (χ1) is 16.6. The maximum absolute atomic E-state index is 12.0. The van der Waals surface area contributed by atoms with Gasteiger partial charge in [0.25, 0.3) is 5.69 Å². The van der Waals surface area contributed by atoms with Crippen molar-refractivity contribution in [3.63, 3.8) is 0 Å². The van der Waals surface area contributed by atoms with E-state index in [-0.39, 0.29) is 35.1 Å². The Morgan fingerprint density at radius 2 is 2.09 bits per heavy atom. The lowest BCUT2D eigenvalue weighted by Gasteiger charge is -2.62. The molecule has 2 heterocycles. The van der Waals surface area contributed by atoms with Crippen LogP contribution in [0.1, 0.15) is 57.8 Å². The van der Waals surface area contributed by atoms with E-state index >= 15 is 0 Å². The van der Waals surface area contributed by atoms with Crippen LogP contribution in [0.5, 0.6) is 0 Å². The Morgan fingerprint density at radius 3 is 2.80 bits per heavy atom. The molecule has 8 heteroatoms. The number of hydrogen-bond acceptors (Lipinski definition) is 7. The SMILES string of the molecule is C=C1CCC2C3(C)COC(c4cccc([N+](=O)[O-])c4)OC3CCC2(C)C1C/C=C1/C(=O)OCC1O. The first-order valence-electron chi connectivity index (χ1n) is 12.4. The van der Waals surface area contributed by atoms with Crippen LogP contribution >= 0.6 is 0 Å². The van der Waals surface area contributed by atoms with Crippen molar-refractivity contribution in [2.24, 2.45) is 22.7 Å². The molecule has 188 valence electrons. The number of carbonyl (C=O) groups is 1. The summed E-state index contributed by atoms with van der Waals surface area (Å²) < 4.78 is 17.7. The molecule has 35 heavy (non-hydrogen) atoms. The summed E-state index contributed by atoms with van der Waals surface area (Å²) in [6.45, 7) is 9.49. The molecule has 0 amide bonds. The molecule has 8 nitrogen and oxygen atoms in total. The van der Waals surface area contributed by atoms with Crippen molar-refractivity contribution in [1.29, 1.82) is 0 Å². The van der Waals surface area contributed by atoms with Crippen molar-refractivity contribution in [2.75, 3.05) is 13.2 Å². The third-order valence-electron chi connectivity index (χ3n) is 9.04. The monoisotopic (exact) mass is 483 g/mol. The smallest absolute Gasteiger partial charge is 0.336 e. The number of nitro groups is 1. The first-order valence-corrected chi connectivity index (χ1v) is 12.4. The third kappa shape index (κ3) is 4.01. The normalized spacial score (nSPS) is 40.2. The van der Waals surface area contributed by atoms with Gasteiger partial charge in [0, 0.05) is 23.1 Å². The highest BCUT2D eigenvalue weighted by Gasteiger charge is 2.60. The lowest BCUT2D eigenvalue weighted by Crippen LogP contribution is -2.60. The summed E-state index contributed by atoms with van der Waals surface area (Å²) in [5.41, 5.74) is 1.98. The van der Waals surface area contributed by atoms with Gasteiger partial charge < -0.3 is 19.3 Å². The highest BCUT2D eigenvalue weighted by Crippen LogP contribution is 2.63. The predicted octanol–water partition coefficient (Wildman–Crippen LogP) is 4.63. The van der Waals surface area contributed by atoms with E-state index in [0.717, 1.165) is 25.7 Å². The quantitative estimate of drug-likeness (QED) is 0.219. The number of nitro benzene ring substituents is 1. The zero-order chi connectivity index (χ0) is 25.0. The summed E-state index contributed by atoms with van der Waals surface area (Å²) in [5, 5.41) is 21.3. The van der Waals surface area contributed by atoms with Crippen molar-refractivity contribution < 1.29 is 29.0 Å². The second kappa shape index (κ2) is 8.84. The Kier molecular flexibility index (Phi) is 6.10. The molecule has 2 saturated heterocycles. The molecule has 7 atom stereocenters. The Hall–Kier alpha value is -2.55. The van der Waals surface area contributed by atoms with Gasteiger partial charge >= 0.3 is 5.97 Å². The maximum Gasteiger partial charge on any atom is 0.336 e. The molecule has 7 unspecified atom stereocenters. The van der Waals surface area contributed by atoms with E-state index in [4.69, 9.17) is 14.2 Å². The first kappa shape index (κ1) is 24.2. The summed E-state index contributed by atoms with van der Waals surface area (Å²) in [7, 11) is 0. The number of aliphatic hydroxyl groups is 1. The fourth-order valence-corrected chi connectivity index (χ4v) is 7.15. The Morgan fingerprint density at radius 1 is 1.29 bits per heavy atom. The molecule has 1 N–H and O–H groups in total. The van der Waals surface area contributed by atoms with E-state index < -0.39 is 23.3 Å². The van der Waals surface area contributed by atoms with E-state index in [1.54, 1.807) is 6.07 Å². The Labute approximate surface area is 205 Å². The molecule has 1 aromatic rings. The van der Waals surface area contributed by atoms with Gasteiger partial charge in [-0.05, 0) is 49.4 Å². The molecule has 0 aromatic heterocycles. The number of carbonyl (C=O) groups excluding carboxylic acids is 1. The van der Waals surface area contributed by atoms with Crippen LogP contribution in [-0.4, -0.2) is 41.4 Å². The number of nitrogens with zero attached hydrogens (tertiary/aromatic N) is 1. The number of fused-ring (bicyclic) bond motifs is 3. The van der Waals surface area contributed by atoms with Gasteiger partial charge in [0.15, 0.2) is 6.29 Å². The van der Waals surface area contributed by atoms with Gasteiger partial charge in [-0.1, -0.05) is 44.2 Å². The predicted molar refractivity (Wildman–Crippen MR) is 127 cm³/mol. The van der Waals surface area contributed by atoms with E-state index in [9.17, 15) is 20.0 Å². The van der Waals surface area contributed by atoms with E-state index in [0.29, 0.717) is 30.1 Å². The molecule has 5 rings (SSSR count). The van der Waals surface area contributed by atoms with Gasteiger partial charge in [-0.15, -0.1) is 0 Å². The average Bonchev–Trinajstić information content (AvgIpc) is 3.15. The number of non-ortho nitro benzene ring substituents is 1. The third-order valence-corrected chi connectivity index (χ3v) is 9.04. The summed E-state index contributed by atoms with van der Waals surface area (Å²) >= 11 is 0. The lowest BCUT2D eigenvalue weighted by molar-refractivity contribution is -0.385. The summed E-state index contributed by atoms with van der Waals surface area (Å²) in [6.07, 6.45) is 4.69. The van der Waals surface area contributed by atoms with Crippen LogP contribution in [0.25, 0.3) is 0 Å². The van der Waals surface area contributed by atoms with Crippen LogP contribution in [0.15, 0.2) is 48.1 Å². The summed E-state index contributed by atoms with van der Waals surface area (Å²) in [4.78, 5) is 22.8. The van der Waals surface area contributed by atoms with Gasteiger partial charge in [-0.25, -0.2) is 4.79 Å². The largest absolute Gasteiger partial charge is 0.459 e. The van der Waals surface area contributed by atoms with Crippen LogP contribution in [0.4, 0.5) is 5.69 Å². The molecule has 4 fully saturated rings. The Bertz CT molecular complexity index is 1080. The lowest BCUT2D eigenvalue weighted by atomic mass is 9.46. The maximum atomic E-state index is 12.0. The highest BCUT2D eigenvalue weighted by molar-refractivity contribution is 5.91. The topological polar surface area (TPSA) is 108 Å². The molecule has 4 aliphatic rings. The van der Waals surface area contributed by atoms with Crippen LogP contribution in [-0.2, 0) is 19.0 Å². The summed E-state index contributed by atoms with van der Waals surface area (Å²) in [5.74, 6) is 0.0772. The minimum atomic E-state index is -0.859. The zero-order valence-corrected chi connectivity index (χ0v) is 20.3. The van der Waals surface area contributed by atoms with E-state index in [2.05, 4.69) is 20.4 Å². The standard InChI is InChI=1S/C27H33NO7/c1-16-7-10-22-26(2,20(16)9-8-19-21(29)14-33-24(19)30)12-11-23-27(22,3)15-34-25(35-23)17-5-4-6-18(13-17)28(31)32/h4-6,8,13,20-23,25,29H,1,7,9-12,14-15H2,2-3H3/b19-8+. The Balaban J connectivity index is 1.37. The fraction of sp³-hybridized carbons (Fsp3) is 0.593. The zero-order valence-electron chi connectivity index (χ0n) is 20.3. The van der Waals surface area contributed by atoms with Crippen molar-refractivity contribution in [3.8, 4) is 0 Å². The highest BCUT2D eigenvalue weighted by atomic mass is 16.7. The summed E-state index contributed by atoms with van der Waals surface area (Å²) in [6, 6.07) is 6.46. The molecule has 2 saturated carbocycles. The van der Waals surface area contributed by atoms with Crippen molar-refractivity contribution in [1.82, 2.24) is 0 Å². The van der Waals surface area contributed by atoms with Gasteiger partial charge in [-0.3, -0.25) is 10.1 Å². The van der Waals surface area contributed by atoms with Crippen LogP contribution < -0.4 is 0 Å². The van der Waals surface area contributed by atoms with Gasteiger partial charge in [0.05, 0.1) is 23.2 Å². The average molecular weight is 484 g/mol. The minimum Gasteiger partial charge on any atom is -0.459 e. The number of benzene rings is 1. The molecule has 2 aliphatic heterocycles.